The van der Waals surface area contributed by atoms with Crippen molar-refractivity contribution < 1.29 is 23.1 Å². The molecule has 0 aliphatic carbocycles. The fourth-order valence-corrected chi connectivity index (χ4v) is 1.17. The van der Waals surface area contributed by atoms with Gasteiger partial charge >= 0.3 is 5.97 Å². The number of hydrogen-bond acceptors (Lipinski definition) is 1. The Hall–Kier alpha value is -1.96. The van der Waals surface area contributed by atoms with Gasteiger partial charge in [0.05, 0.1) is 0 Å². The van der Waals surface area contributed by atoms with Crippen molar-refractivity contribution in [2.24, 2.45) is 0 Å². The third kappa shape index (κ3) is 2.16. The summed E-state index contributed by atoms with van der Waals surface area (Å²) >= 11 is 0. The van der Waals surface area contributed by atoms with Gasteiger partial charge in [-0.15, -0.1) is 5.92 Å². The van der Waals surface area contributed by atoms with Gasteiger partial charge in [0, 0.05) is 18.1 Å². The van der Waals surface area contributed by atoms with E-state index < -0.39 is 34.5 Å². The lowest BCUT2D eigenvalue weighted by Gasteiger charge is -2.05. The standard InChI is InChI=1S/C11H7F3O2/c1-2-3-4-6-7(12)5-8(13)9(10(6)14)11(15)16/h5H,4H2,1H3,(H,15,16). The zero-order valence-electron chi connectivity index (χ0n) is 8.27. The van der Waals surface area contributed by atoms with Crippen LogP contribution in [-0.4, -0.2) is 11.1 Å². The van der Waals surface area contributed by atoms with Crippen LogP contribution in [0.15, 0.2) is 6.07 Å². The van der Waals surface area contributed by atoms with E-state index in [0.29, 0.717) is 6.07 Å². The summed E-state index contributed by atoms with van der Waals surface area (Å²) in [5, 5.41) is 8.55. The minimum atomic E-state index is -1.78. The molecule has 5 heteroatoms. The topological polar surface area (TPSA) is 37.3 Å². The van der Waals surface area contributed by atoms with E-state index >= 15 is 0 Å². The molecular weight excluding hydrogens is 221 g/mol. The Morgan fingerprint density at radius 2 is 2.00 bits per heavy atom. The van der Waals surface area contributed by atoms with E-state index in [9.17, 15) is 18.0 Å². The number of aromatic carboxylic acids is 1. The number of carbonyl (C=O) groups is 1. The maximum absolute atomic E-state index is 13.4. The molecule has 0 atom stereocenters. The average Bonchev–Trinajstić information content (AvgIpc) is 2.16. The molecule has 1 N–H and O–H groups in total. The molecule has 0 fully saturated rings. The zero-order chi connectivity index (χ0) is 12.3. The molecule has 0 aromatic heterocycles. The first-order valence-electron chi connectivity index (χ1n) is 4.28. The summed E-state index contributed by atoms with van der Waals surface area (Å²) < 4.78 is 39.5. The van der Waals surface area contributed by atoms with Gasteiger partial charge in [-0.25, -0.2) is 18.0 Å². The fraction of sp³-hybridized carbons (Fsp3) is 0.182. The van der Waals surface area contributed by atoms with Gasteiger partial charge in [0.2, 0.25) is 0 Å². The molecule has 0 amide bonds. The van der Waals surface area contributed by atoms with Crippen molar-refractivity contribution in [2.45, 2.75) is 13.3 Å². The predicted molar refractivity (Wildman–Crippen MR) is 50.4 cm³/mol. The van der Waals surface area contributed by atoms with E-state index in [2.05, 4.69) is 11.8 Å². The molecule has 1 aromatic rings. The highest BCUT2D eigenvalue weighted by molar-refractivity contribution is 5.88. The molecule has 0 radical (unpaired) electrons. The highest BCUT2D eigenvalue weighted by Crippen LogP contribution is 2.20. The lowest BCUT2D eigenvalue weighted by molar-refractivity contribution is 0.0686. The Morgan fingerprint density at radius 3 is 2.50 bits per heavy atom. The number of rotatable bonds is 2. The molecule has 0 heterocycles. The Kier molecular flexibility index (Phi) is 3.56. The van der Waals surface area contributed by atoms with Crippen molar-refractivity contribution in [3.63, 3.8) is 0 Å². The van der Waals surface area contributed by atoms with Crippen molar-refractivity contribution in [3.05, 3.63) is 34.6 Å². The van der Waals surface area contributed by atoms with Crippen LogP contribution in [0.25, 0.3) is 0 Å². The predicted octanol–water partition coefficient (Wildman–Crippen LogP) is 2.37. The molecule has 1 rings (SSSR count). The van der Waals surface area contributed by atoms with Gasteiger partial charge in [0.15, 0.2) is 0 Å². The SMILES string of the molecule is CC#CCc1c(F)cc(F)c(C(=O)O)c1F. The molecule has 84 valence electrons. The molecule has 0 bridgehead atoms. The molecule has 0 saturated carbocycles. The van der Waals surface area contributed by atoms with Crippen LogP contribution < -0.4 is 0 Å². The number of carboxylic acids is 1. The maximum atomic E-state index is 13.4. The smallest absolute Gasteiger partial charge is 0.341 e. The van der Waals surface area contributed by atoms with E-state index in [4.69, 9.17) is 5.11 Å². The third-order valence-electron chi connectivity index (χ3n) is 1.92. The first-order chi connectivity index (χ1) is 7.49. The largest absolute Gasteiger partial charge is 0.477 e. The van der Waals surface area contributed by atoms with E-state index in [-0.39, 0.29) is 6.42 Å². The molecule has 1 aromatic carbocycles. The van der Waals surface area contributed by atoms with Gasteiger partial charge in [-0.05, 0) is 6.92 Å². The minimum Gasteiger partial charge on any atom is -0.477 e. The normalized spacial score (nSPS) is 9.50. The molecule has 16 heavy (non-hydrogen) atoms. The highest BCUT2D eigenvalue weighted by Gasteiger charge is 2.22. The van der Waals surface area contributed by atoms with Crippen LogP contribution in [0.4, 0.5) is 13.2 Å². The third-order valence-corrected chi connectivity index (χ3v) is 1.92. The Balaban J connectivity index is 3.42. The Morgan fingerprint density at radius 1 is 1.38 bits per heavy atom. The quantitative estimate of drug-likeness (QED) is 0.789. The second kappa shape index (κ2) is 4.71. The van der Waals surface area contributed by atoms with Crippen LogP contribution in [0.2, 0.25) is 0 Å². The number of hydrogen-bond donors (Lipinski definition) is 1. The summed E-state index contributed by atoms with van der Waals surface area (Å²) in [5.74, 6) is -0.962. The van der Waals surface area contributed by atoms with Crippen LogP contribution in [0.5, 0.6) is 0 Å². The summed E-state index contributed by atoms with van der Waals surface area (Å²) in [6, 6.07) is 0.346. The molecule has 0 aliphatic rings. The maximum Gasteiger partial charge on any atom is 0.341 e. The second-order valence-electron chi connectivity index (χ2n) is 2.92. The molecule has 0 saturated heterocycles. The molecule has 2 nitrogen and oxygen atoms in total. The molecular formula is C11H7F3O2. The second-order valence-corrected chi connectivity index (χ2v) is 2.92. The average molecular weight is 228 g/mol. The van der Waals surface area contributed by atoms with Crippen LogP contribution in [-0.2, 0) is 6.42 Å². The zero-order valence-corrected chi connectivity index (χ0v) is 8.27. The monoisotopic (exact) mass is 228 g/mol. The van der Waals surface area contributed by atoms with Crippen molar-refractivity contribution in [1.29, 1.82) is 0 Å². The number of halogens is 3. The van der Waals surface area contributed by atoms with Gasteiger partial charge in [0.1, 0.15) is 23.0 Å². The minimum absolute atomic E-state index is 0.297. The van der Waals surface area contributed by atoms with Gasteiger partial charge in [-0.3, -0.25) is 0 Å². The summed E-state index contributed by atoms with van der Waals surface area (Å²) in [6.45, 7) is 1.47. The van der Waals surface area contributed by atoms with E-state index in [0.717, 1.165) is 0 Å². The fourth-order valence-electron chi connectivity index (χ4n) is 1.17. The number of benzene rings is 1. The van der Waals surface area contributed by atoms with Crippen molar-refractivity contribution >= 4 is 5.97 Å². The Labute approximate surface area is 89.7 Å². The van der Waals surface area contributed by atoms with Crippen molar-refractivity contribution in [2.75, 3.05) is 0 Å². The van der Waals surface area contributed by atoms with Gasteiger partial charge in [-0.2, -0.15) is 0 Å². The lowest BCUT2D eigenvalue weighted by Crippen LogP contribution is -2.09. The van der Waals surface area contributed by atoms with E-state index in [1.54, 1.807) is 0 Å². The van der Waals surface area contributed by atoms with Gasteiger partial charge in [-0.1, -0.05) is 5.92 Å². The van der Waals surface area contributed by atoms with E-state index in [1.165, 1.54) is 6.92 Å². The van der Waals surface area contributed by atoms with Crippen LogP contribution in [0.3, 0.4) is 0 Å². The Bertz CT molecular complexity index is 498. The van der Waals surface area contributed by atoms with Crippen LogP contribution in [0.1, 0.15) is 22.8 Å². The first-order valence-corrected chi connectivity index (χ1v) is 4.28. The summed E-state index contributed by atoms with van der Waals surface area (Å²) in [6.07, 6.45) is -0.297. The van der Waals surface area contributed by atoms with Crippen molar-refractivity contribution in [1.82, 2.24) is 0 Å². The van der Waals surface area contributed by atoms with E-state index in [1.807, 2.05) is 0 Å². The highest BCUT2D eigenvalue weighted by atomic mass is 19.1. The van der Waals surface area contributed by atoms with Gasteiger partial charge in [0.25, 0.3) is 0 Å². The van der Waals surface area contributed by atoms with Crippen LogP contribution >= 0.6 is 0 Å². The summed E-state index contributed by atoms with van der Waals surface area (Å²) in [5.41, 5.74) is -1.69. The van der Waals surface area contributed by atoms with Gasteiger partial charge < -0.3 is 5.11 Å². The summed E-state index contributed by atoms with van der Waals surface area (Å²) in [4.78, 5) is 10.5. The molecule has 0 aliphatic heterocycles. The molecule has 0 spiro atoms. The first kappa shape index (κ1) is 12.1. The van der Waals surface area contributed by atoms with Crippen molar-refractivity contribution in [3.8, 4) is 11.8 Å². The summed E-state index contributed by atoms with van der Waals surface area (Å²) in [7, 11) is 0. The van der Waals surface area contributed by atoms with Crippen LogP contribution in [0, 0.1) is 29.3 Å². The number of carboxylic acid groups (broad SMARTS) is 1. The molecule has 0 unspecified atom stereocenters. The lowest BCUT2D eigenvalue weighted by atomic mass is 10.1.